The molecule has 2 N–H and O–H groups in total. The predicted octanol–water partition coefficient (Wildman–Crippen LogP) is 3.52. The van der Waals surface area contributed by atoms with Crippen molar-refractivity contribution in [3.05, 3.63) is 48.7 Å². The van der Waals surface area contributed by atoms with Crippen molar-refractivity contribution in [2.24, 2.45) is 5.73 Å². The van der Waals surface area contributed by atoms with E-state index < -0.39 is 0 Å². The Morgan fingerprint density at radius 3 is 2.41 bits per heavy atom. The van der Waals surface area contributed by atoms with Gasteiger partial charge in [-0.1, -0.05) is 43.3 Å². The molecule has 0 saturated carbocycles. The van der Waals surface area contributed by atoms with E-state index in [0.29, 0.717) is 0 Å². The minimum Gasteiger partial charge on any atom is -0.405 e. The van der Waals surface area contributed by atoms with Crippen LogP contribution in [0.1, 0.15) is 31.7 Å². The fourth-order valence-electron chi connectivity index (χ4n) is 1.50. The van der Waals surface area contributed by atoms with Crippen molar-refractivity contribution in [3.63, 3.8) is 0 Å². The number of ether oxygens (including phenoxy) is 1. The lowest BCUT2D eigenvalue weighted by Gasteiger charge is -2.02. The number of hydrogen-bond donors (Lipinski definition) is 1. The van der Waals surface area contributed by atoms with E-state index in [4.69, 9.17) is 4.74 Å². The molecule has 0 spiro atoms. The van der Waals surface area contributed by atoms with Crippen LogP contribution in [0.15, 0.2) is 43.1 Å². The monoisotopic (exact) mass is 235 g/mol. The van der Waals surface area contributed by atoms with Gasteiger partial charge in [0.1, 0.15) is 0 Å². The lowest BCUT2D eigenvalue weighted by atomic mass is 10.1. The van der Waals surface area contributed by atoms with Gasteiger partial charge in [0.15, 0.2) is 0 Å². The van der Waals surface area contributed by atoms with Crippen LogP contribution >= 0.6 is 0 Å². The summed E-state index contributed by atoms with van der Waals surface area (Å²) in [7, 11) is 0. The van der Waals surface area contributed by atoms with Gasteiger partial charge in [-0.15, -0.1) is 0 Å². The van der Waals surface area contributed by atoms with Gasteiger partial charge in [-0.05, 0) is 37.9 Å². The molecular weight excluding hydrogens is 210 g/mol. The van der Waals surface area contributed by atoms with Crippen LogP contribution in [-0.4, -0.2) is 13.2 Å². The molecule has 0 aliphatic heterocycles. The van der Waals surface area contributed by atoms with E-state index in [1.54, 1.807) is 0 Å². The topological polar surface area (TPSA) is 35.2 Å². The maximum absolute atomic E-state index is 5.29. The van der Waals surface area contributed by atoms with Gasteiger partial charge in [-0.2, -0.15) is 0 Å². The van der Waals surface area contributed by atoms with Crippen molar-refractivity contribution in [1.29, 1.82) is 0 Å². The second-order valence-corrected chi connectivity index (χ2v) is 3.73. The molecule has 0 unspecified atom stereocenters. The third-order valence-corrected chi connectivity index (χ3v) is 2.30. The molecule has 1 aromatic carbocycles. The number of hydrogen-bond acceptors (Lipinski definition) is 2. The van der Waals surface area contributed by atoms with Crippen LogP contribution in [0.2, 0.25) is 0 Å². The molecule has 0 bridgehead atoms. The van der Waals surface area contributed by atoms with E-state index in [1.807, 2.05) is 6.92 Å². The van der Waals surface area contributed by atoms with Crippen molar-refractivity contribution in [2.45, 2.75) is 32.6 Å². The molecule has 0 aliphatic carbocycles. The highest BCUT2D eigenvalue weighted by molar-refractivity contribution is 5.14. The highest BCUT2D eigenvalue weighted by Gasteiger charge is 1.92. The Bertz CT molecular complexity index is 259. The first-order valence-corrected chi connectivity index (χ1v) is 6.29. The zero-order valence-electron chi connectivity index (χ0n) is 10.9. The molecule has 0 heterocycles. The van der Waals surface area contributed by atoms with Gasteiger partial charge in [0.05, 0.1) is 0 Å². The molecule has 0 atom stereocenters. The average Bonchev–Trinajstić information content (AvgIpc) is 2.36. The van der Waals surface area contributed by atoms with Crippen molar-refractivity contribution >= 4 is 0 Å². The Morgan fingerprint density at radius 1 is 1.18 bits per heavy atom. The Kier molecular flexibility index (Phi) is 11.8. The summed E-state index contributed by atoms with van der Waals surface area (Å²) in [4.78, 5) is 0. The molecule has 17 heavy (non-hydrogen) atoms. The van der Waals surface area contributed by atoms with Gasteiger partial charge in [0, 0.05) is 13.2 Å². The van der Waals surface area contributed by atoms with Crippen LogP contribution in [0.3, 0.4) is 0 Å². The van der Waals surface area contributed by atoms with Crippen molar-refractivity contribution in [1.82, 2.24) is 0 Å². The standard InChI is InChI=1S/C13H20O.C2H5N/c1-2-14-12-8-4-7-11-13-9-5-3-6-10-13;1-2-3/h3,5-6,9-10H,2,4,7-8,11-12H2,1H3;2H,1,3H2. The van der Waals surface area contributed by atoms with Crippen LogP contribution in [0.25, 0.3) is 0 Å². The first-order chi connectivity index (χ1) is 8.35. The van der Waals surface area contributed by atoms with Gasteiger partial charge in [0.25, 0.3) is 0 Å². The summed E-state index contributed by atoms with van der Waals surface area (Å²) in [5.74, 6) is 0. The number of unbranched alkanes of at least 4 members (excludes halogenated alkanes) is 2. The number of nitrogens with two attached hydrogens (primary N) is 1. The first-order valence-electron chi connectivity index (χ1n) is 6.29. The summed E-state index contributed by atoms with van der Waals surface area (Å²) in [6.07, 6.45) is 6.19. The fourth-order valence-corrected chi connectivity index (χ4v) is 1.50. The Balaban J connectivity index is 0.000000770. The van der Waals surface area contributed by atoms with Gasteiger partial charge in [0.2, 0.25) is 0 Å². The van der Waals surface area contributed by atoms with Gasteiger partial charge in [-0.3, -0.25) is 0 Å². The highest BCUT2D eigenvalue weighted by Crippen LogP contribution is 2.05. The summed E-state index contributed by atoms with van der Waals surface area (Å²) >= 11 is 0. The van der Waals surface area contributed by atoms with Crippen molar-refractivity contribution < 1.29 is 4.74 Å². The molecule has 2 heteroatoms. The van der Waals surface area contributed by atoms with Crippen LogP contribution in [-0.2, 0) is 11.2 Å². The third kappa shape index (κ3) is 11.0. The van der Waals surface area contributed by atoms with Gasteiger partial charge < -0.3 is 10.5 Å². The Hall–Kier alpha value is -1.28. The number of aryl methyl sites for hydroxylation is 1. The van der Waals surface area contributed by atoms with Crippen LogP contribution in [0.5, 0.6) is 0 Å². The Morgan fingerprint density at radius 2 is 1.82 bits per heavy atom. The molecule has 0 saturated heterocycles. The lowest BCUT2D eigenvalue weighted by Crippen LogP contribution is -1.93. The van der Waals surface area contributed by atoms with Crippen LogP contribution < -0.4 is 5.73 Å². The minimum absolute atomic E-state index is 0.846. The first kappa shape index (κ1) is 15.7. The van der Waals surface area contributed by atoms with Crippen LogP contribution in [0.4, 0.5) is 0 Å². The summed E-state index contributed by atoms with van der Waals surface area (Å²) in [5.41, 5.74) is 6.06. The summed E-state index contributed by atoms with van der Waals surface area (Å²) in [5, 5.41) is 0. The maximum atomic E-state index is 5.29. The third-order valence-electron chi connectivity index (χ3n) is 2.30. The molecule has 0 aromatic heterocycles. The smallest absolute Gasteiger partial charge is 0.0465 e. The number of benzene rings is 1. The van der Waals surface area contributed by atoms with Crippen molar-refractivity contribution in [3.8, 4) is 0 Å². The lowest BCUT2D eigenvalue weighted by molar-refractivity contribution is 0.143. The molecule has 0 amide bonds. The zero-order chi connectivity index (χ0) is 12.8. The van der Waals surface area contributed by atoms with Gasteiger partial charge >= 0.3 is 0 Å². The Labute approximate surface area is 105 Å². The zero-order valence-corrected chi connectivity index (χ0v) is 10.9. The average molecular weight is 235 g/mol. The quantitative estimate of drug-likeness (QED) is 0.734. The molecule has 96 valence electrons. The molecular formula is C15H25NO. The van der Waals surface area contributed by atoms with Crippen LogP contribution in [0, 0.1) is 0 Å². The summed E-state index contributed by atoms with van der Waals surface area (Å²) < 4.78 is 5.29. The fraction of sp³-hybridized carbons (Fsp3) is 0.467. The van der Waals surface area contributed by atoms with E-state index in [2.05, 4.69) is 42.6 Å². The number of rotatable bonds is 7. The molecule has 1 aromatic rings. The van der Waals surface area contributed by atoms with E-state index >= 15 is 0 Å². The largest absolute Gasteiger partial charge is 0.405 e. The second kappa shape index (κ2) is 12.8. The summed E-state index contributed by atoms with van der Waals surface area (Å²) in [6, 6.07) is 10.7. The molecule has 0 fully saturated rings. The SMILES string of the molecule is C=CN.CCOCCCCCc1ccccc1. The maximum Gasteiger partial charge on any atom is 0.0465 e. The normalized spacial score (nSPS) is 9.24. The van der Waals surface area contributed by atoms with Crippen molar-refractivity contribution in [2.75, 3.05) is 13.2 Å². The molecule has 1 rings (SSSR count). The van der Waals surface area contributed by atoms with Gasteiger partial charge in [-0.25, -0.2) is 0 Å². The van der Waals surface area contributed by atoms with E-state index in [0.717, 1.165) is 13.2 Å². The predicted molar refractivity (Wildman–Crippen MR) is 74.9 cm³/mol. The van der Waals surface area contributed by atoms with E-state index in [9.17, 15) is 0 Å². The molecule has 0 radical (unpaired) electrons. The molecule has 2 nitrogen and oxygen atoms in total. The minimum atomic E-state index is 0.846. The van der Waals surface area contributed by atoms with E-state index in [-0.39, 0.29) is 0 Å². The highest BCUT2D eigenvalue weighted by atomic mass is 16.5. The molecule has 0 aliphatic rings. The second-order valence-electron chi connectivity index (χ2n) is 3.73. The van der Waals surface area contributed by atoms with E-state index in [1.165, 1.54) is 37.4 Å². The summed E-state index contributed by atoms with van der Waals surface area (Å²) in [6.45, 7) is 6.95.